The molecule has 1 saturated carbocycles. The van der Waals surface area contributed by atoms with Crippen LogP contribution in [0.3, 0.4) is 0 Å². The van der Waals surface area contributed by atoms with Crippen LogP contribution in [0.25, 0.3) is 0 Å². The van der Waals surface area contributed by atoms with Crippen molar-refractivity contribution < 1.29 is 9.53 Å². The zero-order valence-corrected chi connectivity index (χ0v) is 5.52. The Morgan fingerprint density at radius 2 is 2.56 bits per heavy atom. The average molecular weight is 126 g/mol. The minimum absolute atomic E-state index is 0.0313. The van der Waals surface area contributed by atoms with E-state index in [0.29, 0.717) is 6.61 Å². The summed E-state index contributed by atoms with van der Waals surface area (Å²) in [4.78, 5) is 10.8. The van der Waals surface area contributed by atoms with Crippen LogP contribution in [-0.4, -0.2) is 12.6 Å². The number of carbonyl (C=O) groups is 1. The first-order valence-electron chi connectivity index (χ1n) is 3.39. The molecule has 0 amide bonds. The topological polar surface area (TPSA) is 26.3 Å². The molecule has 1 saturated heterocycles. The predicted octanol–water partition coefficient (Wildman–Crippen LogP) is 0.960. The highest BCUT2D eigenvalue weighted by molar-refractivity contribution is 5.76. The number of esters is 1. The lowest BCUT2D eigenvalue weighted by Crippen LogP contribution is -2.37. The molecule has 2 heteroatoms. The highest BCUT2D eigenvalue weighted by Gasteiger charge is 2.53. The zero-order chi connectivity index (χ0) is 6.48. The van der Waals surface area contributed by atoms with Crippen molar-refractivity contribution in [2.75, 3.05) is 6.61 Å². The van der Waals surface area contributed by atoms with Crippen LogP contribution in [-0.2, 0) is 9.53 Å². The fourth-order valence-corrected chi connectivity index (χ4v) is 1.69. The maximum atomic E-state index is 10.8. The number of hydrogen-bond donors (Lipinski definition) is 0. The molecule has 2 rings (SSSR count). The lowest BCUT2D eigenvalue weighted by Gasteiger charge is -2.36. The number of ether oxygens (including phenoxy) is 1. The Morgan fingerprint density at radius 3 is 2.78 bits per heavy atom. The molecule has 9 heavy (non-hydrogen) atoms. The fraction of sp³-hybridized carbons (Fsp3) is 0.857. The maximum absolute atomic E-state index is 10.8. The first kappa shape index (κ1) is 5.27. The number of fused-ring (bicyclic) bond motifs is 1. The summed E-state index contributed by atoms with van der Waals surface area (Å²) in [6.07, 6.45) is 2.22. The van der Waals surface area contributed by atoms with Crippen LogP contribution in [0.1, 0.15) is 19.8 Å². The summed E-state index contributed by atoms with van der Waals surface area (Å²) in [6, 6.07) is 0. The van der Waals surface area contributed by atoms with Gasteiger partial charge in [-0.15, -0.1) is 0 Å². The number of hydrogen-bond acceptors (Lipinski definition) is 2. The smallest absolute Gasteiger partial charge is 0.309 e. The first-order valence-corrected chi connectivity index (χ1v) is 3.39. The molecule has 0 radical (unpaired) electrons. The van der Waals surface area contributed by atoms with Crippen LogP contribution in [0.4, 0.5) is 0 Å². The summed E-state index contributed by atoms with van der Waals surface area (Å²) < 4.78 is 4.90. The Hall–Kier alpha value is -0.530. The molecule has 2 atom stereocenters. The molecule has 0 spiro atoms. The van der Waals surface area contributed by atoms with Gasteiger partial charge in [-0.25, -0.2) is 0 Å². The Morgan fingerprint density at radius 1 is 1.78 bits per heavy atom. The zero-order valence-electron chi connectivity index (χ0n) is 5.52. The molecule has 0 bridgehead atoms. The Kier molecular flexibility index (Phi) is 0.765. The van der Waals surface area contributed by atoms with Gasteiger partial charge in [0.25, 0.3) is 0 Å². The van der Waals surface area contributed by atoms with Crippen molar-refractivity contribution in [3.05, 3.63) is 0 Å². The molecule has 2 aliphatic rings. The van der Waals surface area contributed by atoms with Gasteiger partial charge in [0.15, 0.2) is 0 Å². The van der Waals surface area contributed by atoms with Crippen molar-refractivity contribution in [3.63, 3.8) is 0 Å². The minimum Gasteiger partial charge on any atom is -0.465 e. The Bertz CT molecular complexity index is 164. The van der Waals surface area contributed by atoms with E-state index in [-0.39, 0.29) is 17.3 Å². The molecule has 0 aromatic heterocycles. The van der Waals surface area contributed by atoms with E-state index in [1.807, 2.05) is 0 Å². The summed E-state index contributed by atoms with van der Waals surface area (Å²) in [5.74, 6) is 0.279. The third-order valence-corrected chi connectivity index (χ3v) is 2.67. The molecule has 1 heterocycles. The van der Waals surface area contributed by atoms with Gasteiger partial charge in [-0.2, -0.15) is 0 Å². The largest absolute Gasteiger partial charge is 0.465 e. The normalized spacial score (nSPS) is 47.7. The summed E-state index contributed by atoms with van der Waals surface area (Å²) in [6.45, 7) is 2.79. The molecule has 0 N–H and O–H groups in total. The molecule has 2 fully saturated rings. The second-order valence-corrected chi connectivity index (χ2v) is 3.35. The quantitative estimate of drug-likeness (QED) is 0.452. The predicted molar refractivity (Wildman–Crippen MR) is 31.8 cm³/mol. The standard InChI is InChI=1S/C7H10O2/c1-7-3-2-5(7)6(8)9-4-7/h5H,2-4H2,1H3/t5-,7+/m1/s1. The van der Waals surface area contributed by atoms with Crippen molar-refractivity contribution in [3.8, 4) is 0 Å². The molecule has 0 unspecified atom stereocenters. The third kappa shape index (κ3) is 0.485. The summed E-state index contributed by atoms with van der Waals surface area (Å²) in [5.41, 5.74) is 0.233. The van der Waals surface area contributed by atoms with Gasteiger partial charge in [0, 0.05) is 5.41 Å². The van der Waals surface area contributed by atoms with E-state index in [1.165, 1.54) is 6.42 Å². The number of cyclic esters (lactones) is 1. The van der Waals surface area contributed by atoms with Crippen molar-refractivity contribution in [1.29, 1.82) is 0 Å². The van der Waals surface area contributed by atoms with Gasteiger partial charge >= 0.3 is 5.97 Å². The lowest BCUT2D eigenvalue weighted by atomic mass is 9.63. The van der Waals surface area contributed by atoms with Crippen LogP contribution in [0.5, 0.6) is 0 Å². The van der Waals surface area contributed by atoms with E-state index in [1.54, 1.807) is 0 Å². The monoisotopic (exact) mass is 126 g/mol. The van der Waals surface area contributed by atoms with Gasteiger partial charge in [-0.05, 0) is 12.8 Å². The second-order valence-electron chi connectivity index (χ2n) is 3.35. The SMILES string of the molecule is C[C@@]12CC[C@@H]1C(=O)OC2. The van der Waals surface area contributed by atoms with Crippen LogP contribution in [0.15, 0.2) is 0 Å². The third-order valence-electron chi connectivity index (χ3n) is 2.67. The Labute approximate surface area is 54.2 Å². The van der Waals surface area contributed by atoms with Crippen LogP contribution in [0.2, 0.25) is 0 Å². The number of carbonyl (C=O) groups excluding carboxylic acids is 1. The maximum Gasteiger partial charge on any atom is 0.309 e. The van der Waals surface area contributed by atoms with E-state index < -0.39 is 0 Å². The molecule has 0 aromatic carbocycles. The highest BCUT2D eigenvalue weighted by Crippen LogP contribution is 2.50. The van der Waals surface area contributed by atoms with Crippen molar-refractivity contribution in [2.24, 2.45) is 11.3 Å². The van der Waals surface area contributed by atoms with Crippen LogP contribution >= 0.6 is 0 Å². The van der Waals surface area contributed by atoms with E-state index in [4.69, 9.17) is 4.74 Å². The fourth-order valence-electron chi connectivity index (χ4n) is 1.69. The summed E-state index contributed by atoms with van der Waals surface area (Å²) >= 11 is 0. The van der Waals surface area contributed by atoms with Crippen LogP contribution in [0, 0.1) is 11.3 Å². The van der Waals surface area contributed by atoms with E-state index >= 15 is 0 Å². The molecular formula is C7H10O2. The molecule has 0 aromatic rings. The molecule has 2 nitrogen and oxygen atoms in total. The van der Waals surface area contributed by atoms with E-state index in [2.05, 4.69) is 6.92 Å². The van der Waals surface area contributed by atoms with Gasteiger partial charge < -0.3 is 4.74 Å². The highest BCUT2D eigenvalue weighted by atomic mass is 16.5. The summed E-state index contributed by atoms with van der Waals surface area (Å²) in [7, 11) is 0. The second kappa shape index (κ2) is 1.31. The molecule has 50 valence electrons. The van der Waals surface area contributed by atoms with Gasteiger partial charge in [-0.1, -0.05) is 6.92 Å². The lowest BCUT2D eigenvalue weighted by molar-refractivity contribution is -0.142. The number of rotatable bonds is 0. The molecule has 1 aliphatic heterocycles. The molecule has 1 aliphatic carbocycles. The summed E-state index contributed by atoms with van der Waals surface area (Å²) in [5, 5.41) is 0. The van der Waals surface area contributed by atoms with Crippen molar-refractivity contribution in [2.45, 2.75) is 19.8 Å². The minimum atomic E-state index is 0.0313. The van der Waals surface area contributed by atoms with Crippen molar-refractivity contribution in [1.82, 2.24) is 0 Å². The Balaban J connectivity index is 2.24. The van der Waals surface area contributed by atoms with Gasteiger partial charge in [0.05, 0.1) is 12.5 Å². The molecular weight excluding hydrogens is 116 g/mol. The van der Waals surface area contributed by atoms with E-state index in [0.717, 1.165) is 6.42 Å². The average Bonchev–Trinajstić information content (AvgIpc) is 1.93. The van der Waals surface area contributed by atoms with E-state index in [9.17, 15) is 4.79 Å². The van der Waals surface area contributed by atoms with Gasteiger partial charge in [0.1, 0.15) is 0 Å². The van der Waals surface area contributed by atoms with Gasteiger partial charge in [0.2, 0.25) is 0 Å². The first-order chi connectivity index (χ1) is 4.22. The van der Waals surface area contributed by atoms with Gasteiger partial charge in [-0.3, -0.25) is 4.79 Å². The van der Waals surface area contributed by atoms with Crippen LogP contribution < -0.4 is 0 Å². The van der Waals surface area contributed by atoms with Crippen molar-refractivity contribution >= 4 is 5.97 Å².